The number of rotatable bonds is 7. The first-order valence-electron chi connectivity index (χ1n) is 11.8. The Hall–Kier alpha value is -1.59. The van der Waals surface area contributed by atoms with Crippen LogP contribution in [0.5, 0.6) is 0 Å². The van der Waals surface area contributed by atoms with Crippen LogP contribution in [0.4, 0.5) is 10.5 Å². The smallest absolute Gasteiger partial charge is 0.412 e. The van der Waals surface area contributed by atoms with Crippen LogP contribution in [0.3, 0.4) is 0 Å². The van der Waals surface area contributed by atoms with Gasteiger partial charge < -0.3 is 20.1 Å². The Labute approximate surface area is 215 Å². The van der Waals surface area contributed by atoms with E-state index in [-0.39, 0.29) is 30.1 Å². The third-order valence-electron chi connectivity index (χ3n) is 5.56. The topological polar surface area (TPSA) is 87.2 Å². The molecule has 9 heteroatoms. The highest BCUT2D eigenvalue weighted by Crippen LogP contribution is 2.22. The predicted molar refractivity (Wildman–Crippen MR) is 144 cm³/mol. The summed E-state index contributed by atoms with van der Waals surface area (Å²) in [4.78, 5) is 19.2. The van der Waals surface area contributed by atoms with Gasteiger partial charge in [-0.15, -0.1) is 24.0 Å². The second-order valence-electron chi connectivity index (χ2n) is 9.47. The van der Waals surface area contributed by atoms with Crippen molar-refractivity contribution in [1.82, 2.24) is 15.5 Å². The normalized spacial score (nSPS) is 21.0. The van der Waals surface area contributed by atoms with Gasteiger partial charge in [0.1, 0.15) is 5.60 Å². The maximum atomic E-state index is 11.9. The zero-order valence-corrected chi connectivity index (χ0v) is 22.7. The van der Waals surface area contributed by atoms with E-state index in [9.17, 15) is 4.79 Å². The zero-order chi connectivity index (χ0) is 23.0. The molecule has 0 saturated carbocycles. The lowest BCUT2D eigenvalue weighted by molar-refractivity contribution is -0.0432. The zero-order valence-electron chi connectivity index (χ0n) is 20.4. The van der Waals surface area contributed by atoms with Gasteiger partial charge in [0.25, 0.3) is 0 Å². The Bertz CT molecular complexity index is 766. The number of nitrogens with zero attached hydrogens (tertiary/aromatic N) is 2. The van der Waals surface area contributed by atoms with Crippen LogP contribution in [0.2, 0.25) is 0 Å². The summed E-state index contributed by atoms with van der Waals surface area (Å²) in [6.45, 7) is 12.9. The first-order valence-corrected chi connectivity index (χ1v) is 11.8. The summed E-state index contributed by atoms with van der Waals surface area (Å²) in [6.07, 6.45) is 3.13. The van der Waals surface area contributed by atoms with E-state index >= 15 is 0 Å². The van der Waals surface area contributed by atoms with E-state index in [0.29, 0.717) is 12.6 Å². The fourth-order valence-electron chi connectivity index (χ4n) is 4.03. The van der Waals surface area contributed by atoms with E-state index in [1.807, 2.05) is 45.0 Å². The van der Waals surface area contributed by atoms with Crippen molar-refractivity contribution in [2.45, 2.75) is 64.7 Å². The van der Waals surface area contributed by atoms with E-state index in [4.69, 9.17) is 14.5 Å². The number of anilines is 1. The van der Waals surface area contributed by atoms with Crippen molar-refractivity contribution in [2.24, 2.45) is 4.99 Å². The number of amides is 1. The minimum Gasteiger partial charge on any atom is -0.444 e. The lowest BCUT2D eigenvalue weighted by Crippen LogP contribution is -2.47. The molecule has 33 heavy (non-hydrogen) atoms. The summed E-state index contributed by atoms with van der Waals surface area (Å²) < 4.78 is 11.3. The molecule has 2 saturated heterocycles. The summed E-state index contributed by atoms with van der Waals surface area (Å²) >= 11 is 0. The molecular formula is C24H40IN5O3. The average Bonchev–Trinajstić information content (AvgIpc) is 3.20. The molecule has 0 radical (unpaired) electrons. The lowest BCUT2D eigenvalue weighted by Gasteiger charge is -2.34. The molecule has 2 atom stereocenters. The molecule has 3 N–H and O–H groups in total. The Morgan fingerprint density at radius 2 is 2.00 bits per heavy atom. The highest BCUT2D eigenvalue weighted by Gasteiger charge is 2.32. The monoisotopic (exact) mass is 573 g/mol. The van der Waals surface area contributed by atoms with Crippen LogP contribution < -0.4 is 16.0 Å². The maximum absolute atomic E-state index is 11.9. The van der Waals surface area contributed by atoms with Crippen molar-refractivity contribution in [3.8, 4) is 0 Å². The molecule has 0 aliphatic carbocycles. The maximum Gasteiger partial charge on any atom is 0.412 e. The average molecular weight is 574 g/mol. The first kappa shape index (κ1) is 27.7. The highest BCUT2D eigenvalue weighted by atomic mass is 127. The number of carbonyl (C=O) groups is 1. The quantitative estimate of drug-likeness (QED) is 0.263. The number of morpholine rings is 1. The summed E-state index contributed by atoms with van der Waals surface area (Å²) in [5, 5.41) is 9.48. The first-order chi connectivity index (χ1) is 15.3. The van der Waals surface area contributed by atoms with Gasteiger partial charge in [0, 0.05) is 31.4 Å². The van der Waals surface area contributed by atoms with Crippen LogP contribution in [-0.2, 0) is 15.9 Å². The number of hydrogen-bond acceptors (Lipinski definition) is 5. The largest absolute Gasteiger partial charge is 0.444 e. The van der Waals surface area contributed by atoms with Crippen molar-refractivity contribution < 1.29 is 14.3 Å². The highest BCUT2D eigenvalue weighted by molar-refractivity contribution is 14.0. The number of aliphatic imine (C=N–C) groups is 1. The Morgan fingerprint density at radius 3 is 2.70 bits per heavy atom. The van der Waals surface area contributed by atoms with Crippen molar-refractivity contribution in [2.75, 3.05) is 44.6 Å². The number of carbonyl (C=O) groups excluding carboxylic acids is 1. The van der Waals surface area contributed by atoms with E-state index in [0.717, 1.165) is 44.3 Å². The molecule has 2 fully saturated rings. The van der Waals surface area contributed by atoms with E-state index in [1.165, 1.54) is 24.9 Å². The summed E-state index contributed by atoms with van der Waals surface area (Å²) in [6, 6.07) is 8.43. The predicted octanol–water partition coefficient (Wildman–Crippen LogP) is 3.61. The SMILES string of the molecule is CCNC(=NCC1CN2CCCC2CO1)NCCc1ccc(NC(=O)OC(C)(C)C)cc1.I. The minimum atomic E-state index is -0.513. The second-order valence-corrected chi connectivity index (χ2v) is 9.47. The van der Waals surface area contributed by atoms with Crippen molar-refractivity contribution in [1.29, 1.82) is 0 Å². The van der Waals surface area contributed by atoms with Crippen LogP contribution in [0.1, 0.15) is 46.1 Å². The van der Waals surface area contributed by atoms with Gasteiger partial charge in [-0.3, -0.25) is 15.2 Å². The molecule has 8 nitrogen and oxygen atoms in total. The fourth-order valence-corrected chi connectivity index (χ4v) is 4.03. The number of hydrogen-bond donors (Lipinski definition) is 3. The number of nitrogens with one attached hydrogen (secondary N) is 3. The van der Waals surface area contributed by atoms with Crippen molar-refractivity contribution in [3.05, 3.63) is 29.8 Å². The number of fused-ring (bicyclic) bond motifs is 1. The van der Waals surface area contributed by atoms with Gasteiger partial charge in [-0.1, -0.05) is 12.1 Å². The third-order valence-corrected chi connectivity index (χ3v) is 5.56. The lowest BCUT2D eigenvalue weighted by atomic mass is 10.1. The van der Waals surface area contributed by atoms with Gasteiger partial charge in [0.2, 0.25) is 0 Å². The Morgan fingerprint density at radius 1 is 1.24 bits per heavy atom. The van der Waals surface area contributed by atoms with Crippen LogP contribution in [0, 0.1) is 0 Å². The molecule has 186 valence electrons. The molecule has 2 heterocycles. The molecule has 1 aromatic carbocycles. The second kappa shape index (κ2) is 13.3. The van der Waals surface area contributed by atoms with Crippen molar-refractivity contribution >= 4 is 41.7 Å². The molecular weight excluding hydrogens is 533 g/mol. The fraction of sp³-hybridized carbons (Fsp3) is 0.667. The van der Waals surface area contributed by atoms with Crippen LogP contribution in [0.25, 0.3) is 0 Å². The van der Waals surface area contributed by atoms with Gasteiger partial charge in [-0.25, -0.2) is 4.79 Å². The van der Waals surface area contributed by atoms with Crippen LogP contribution in [-0.4, -0.2) is 74.0 Å². The number of benzene rings is 1. The molecule has 2 unspecified atom stereocenters. The molecule has 0 aromatic heterocycles. The minimum absolute atomic E-state index is 0. The number of ether oxygens (including phenoxy) is 2. The Balaban J connectivity index is 0.00000385. The molecule has 0 spiro atoms. The molecule has 1 aromatic rings. The van der Waals surface area contributed by atoms with Gasteiger partial charge >= 0.3 is 6.09 Å². The molecule has 1 amide bonds. The van der Waals surface area contributed by atoms with Crippen LogP contribution in [0.15, 0.2) is 29.3 Å². The van der Waals surface area contributed by atoms with E-state index in [2.05, 4.69) is 27.8 Å². The Kier molecular flexibility index (Phi) is 11.2. The van der Waals surface area contributed by atoms with Crippen LogP contribution >= 0.6 is 24.0 Å². The van der Waals surface area contributed by atoms with Gasteiger partial charge in [0.15, 0.2) is 5.96 Å². The molecule has 3 rings (SSSR count). The van der Waals surface area contributed by atoms with E-state index in [1.54, 1.807) is 0 Å². The summed E-state index contributed by atoms with van der Waals surface area (Å²) in [7, 11) is 0. The molecule has 2 aliphatic heterocycles. The van der Waals surface area contributed by atoms with Crippen molar-refractivity contribution in [3.63, 3.8) is 0 Å². The van der Waals surface area contributed by atoms with Gasteiger partial charge in [-0.05, 0) is 71.2 Å². The summed E-state index contributed by atoms with van der Waals surface area (Å²) in [5.41, 5.74) is 1.39. The summed E-state index contributed by atoms with van der Waals surface area (Å²) in [5.74, 6) is 0.822. The van der Waals surface area contributed by atoms with Gasteiger partial charge in [0.05, 0.1) is 19.3 Å². The van der Waals surface area contributed by atoms with E-state index < -0.39 is 11.7 Å². The number of halogens is 1. The molecule has 2 aliphatic rings. The third kappa shape index (κ3) is 9.66. The standard InChI is InChI=1S/C24H39N5O3.HI/c1-5-25-22(27-15-21-16-29-14-6-7-20(29)17-31-21)26-13-12-18-8-10-19(11-9-18)28-23(30)32-24(2,3)4;/h8-11,20-21H,5-7,12-17H2,1-4H3,(H,28,30)(H2,25,26,27);1H. The number of guanidine groups is 1. The molecule has 0 bridgehead atoms. The van der Waals surface area contributed by atoms with Gasteiger partial charge in [-0.2, -0.15) is 0 Å².